The van der Waals surface area contributed by atoms with Crippen LogP contribution in [-0.2, 0) is 13.1 Å². The van der Waals surface area contributed by atoms with Crippen molar-refractivity contribution < 1.29 is 9.90 Å². The van der Waals surface area contributed by atoms with Crippen LogP contribution in [0.25, 0.3) is 0 Å². The van der Waals surface area contributed by atoms with Gasteiger partial charge in [-0.3, -0.25) is 4.68 Å². The molecule has 0 saturated heterocycles. The second-order valence-electron chi connectivity index (χ2n) is 3.94. The van der Waals surface area contributed by atoms with Crippen LogP contribution in [0.2, 0.25) is 0 Å². The van der Waals surface area contributed by atoms with Crippen LogP contribution in [0.3, 0.4) is 0 Å². The van der Waals surface area contributed by atoms with Gasteiger partial charge in [-0.2, -0.15) is 5.10 Å². The molecular formula is C13H15N3O2. The van der Waals surface area contributed by atoms with Crippen LogP contribution in [0, 0.1) is 0 Å². The molecule has 2 rings (SSSR count). The lowest BCUT2D eigenvalue weighted by Gasteiger charge is -2.04. The second kappa shape index (κ2) is 5.35. The number of aromatic carboxylic acids is 1. The minimum Gasteiger partial charge on any atom is -0.478 e. The number of carbonyl (C=O) groups is 1. The Morgan fingerprint density at radius 2 is 2.11 bits per heavy atom. The van der Waals surface area contributed by atoms with E-state index in [9.17, 15) is 4.79 Å². The van der Waals surface area contributed by atoms with Crippen LogP contribution >= 0.6 is 0 Å². The van der Waals surface area contributed by atoms with Crippen LogP contribution in [0.15, 0.2) is 36.7 Å². The van der Waals surface area contributed by atoms with E-state index in [-0.39, 0.29) is 0 Å². The zero-order chi connectivity index (χ0) is 13.0. The van der Waals surface area contributed by atoms with Crippen LogP contribution < -0.4 is 5.32 Å². The Labute approximate surface area is 105 Å². The summed E-state index contributed by atoms with van der Waals surface area (Å²) in [5.41, 5.74) is 2.28. The number of rotatable bonds is 5. The molecule has 0 amide bonds. The van der Waals surface area contributed by atoms with Gasteiger partial charge in [-0.25, -0.2) is 4.79 Å². The predicted molar refractivity (Wildman–Crippen MR) is 68.6 cm³/mol. The summed E-state index contributed by atoms with van der Waals surface area (Å²) in [6.45, 7) is 3.56. The van der Waals surface area contributed by atoms with Gasteiger partial charge in [0, 0.05) is 30.5 Å². The molecule has 5 heteroatoms. The first-order valence-corrected chi connectivity index (χ1v) is 5.77. The third-order valence-electron chi connectivity index (χ3n) is 2.64. The molecule has 0 radical (unpaired) electrons. The third kappa shape index (κ3) is 2.88. The van der Waals surface area contributed by atoms with Crippen molar-refractivity contribution in [2.24, 2.45) is 0 Å². The van der Waals surface area contributed by atoms with E-state index < -0.39 is 5.97 Å². The normalized spacial score (nSPS) is 10.3. The van der Waals surface area contributed by atoms with Crippen molar-refractivity contribution in [2.45, 2.75) is 20.0 Å². The van der Waals surface area contributed by atoms with E-state index in [4.69, 9.17) is 5.11 Å². The topological polar surface area (TPSA) is 67.2 Å². The summed E-state index contributed by atoms with van der Waals surface area (Å²) < 4.78 is 1.87. The molecule has 2 N–H and O–H groups in total. The molecule has 0 aliphatic heterocycles. The van der Waals surface area contributed by atoms with Crippen molar-refractivity contribution in [3.05, 3.63) is 47.8 Å². The van der Waals surface area contributed by atoms with Gasteiger partial charge in [-0.15, -0.1) is 0 Å². The fraction of sp³-hybridized carbons (Fsp3) is 0.231. The SMILES string of the molecule is CCn1cc(CNc2ccc(C(=O)O)cc2)cn1. The molecule has 0 spiro atoms. The zero-order valence-electron chi connectivity index (χ0n) is 10.1. The van der Waals surface area contributed by atoms with Crippen molar-refractivity contribution in [1.29, 1.82) is 0 Å². The summed E-state index contributed by atoms with van der Waals surface area (Å²) in [5, 5.41) is 16.2. The highest BCUT2D eigenvalue weighted by Gasteiger charge is 2.02. The average molecular weight is 245 g/mol. The van der Waals surface area contributed by atoms with Gasteiger partial charge in [0.05, 0.1) is 11.8 Å². The molecule has 1 heterocycles. The Bertz CT molecular complexity index is 531. The van der Waals surface area contributed by atoms with Crippen LogP contribution in [0.5, 0.6) is 0 Å². The number of nitrogens with zero attached hydrogens (tertiary/aromatic N) is 2. The molecule has 18 heavy (non-hydrogen) atoms. The monoisotopic (exact) mass is 245 g/mol. The Hall–Kier alpha value is -2.30. The van der Waals surface area contributed by atoms with E-state index in [2.05, 4.69) is 10.4 Å². The van der Waals surface area contributed by atoms with Gasteiger partial charge in [-0.1, -0.05) is 0 Å². The maximum atomic E-state index is 10.7. The summed E-state index contributed by atoms with van der Waals surface area (Å²) in [6.07, 6.45) is 3.81. The van der Waals surface area contributed by atoms with Crippen molar-refractivity contribution in [1.82, 2.24) is 9.78 Å². The van der Waals surface area contributed by atoms with E-state index in [1.807, 2.05) is 24.0 Å². The van der Waals surface area contributed by atoms with Gasteiger partial charge in [-0.05, 0) is 31.2 Å². The quantitative estimate of drug-likeness (QED) is 0.847. The molecule has 0 unspecified atom stereocenters. The Morgan fingerprint density at radius 3 is 2.67 bits per heavy atom. The van der Waals surface area contributed by atoms with Crippen molar-refractivity contribution in [3.8, 4) is 0 Å². The third-order valence-corrected chi connectivity index (χ3v) is 2.64. The largest absolute Gasteiger partial charge is 0.478 e. The van der Waals surface area contributed by atoms with E-state index in [1.165, 1.54) is 0 Å². The van der Waals surface area contributed by atoms with Gasteiger partial charge >= 0.3 is 5.97 Å². The molecule has 1 aromatic carbocycles. The number of anilines is 1. The minimum absolute atomic E-state index is 0.291. The number of nitrogens with one attached hydrogen (secondary N) is 1. The number of carboxylic acids is 1. The number of hydrogen-bond acceptors (Lipinski definition) is 3. The highest BCUT2D eigenvalue weighted by atomic mass is 16.4. The zero-order valence-corrected chi connectivity index (χ0v) is 10.1. The molecule has 2 aromatic rings. The van der Waals surface area contributed by atoms with Gasteiger partial charge in [0.1, 0.15) is 0 Å². The summed E-state index contributed by atoms with van der Waals surface area (Å²) in [6, 6.07) is 6.68. The fourth-order valence-electron chi connectivity index (χ4n) is 1.61. The van der Waals surface area contributed by atoms with Gasteiger partial charge in [0.2, 0.25) is 0 Å². The van der Waals surface area contributed by atoms with Crippen molar-refractivity contribution >= 4 is 11.7 Å². The predicted octanol–water partition coefficient (Wildman–Crippen LogP) is 2.21. The Morgan fingerprint density at radius 1 is 1.39 bits per heavy atom. The van der Waals surface area contributed by atoms with E-state index >= 15 is 0 Å². The lowest BCUT2D eigenvalue weighted by atomic mass is 10.2. The maximum Gasteiger partial charge on any atom is 0.335 e. The molecule has 1 aromatic heterocycles. The first kappa shape index (κ1) is 12.2. The lowest BCUT2D eigenvalue weighted by Crippen LogP contribution is -2.00. The Kier molecular flexibility index (Phi) is 3.62. The minimum atomic E-state index is -0.911. The molecule has 0 aliphatic carbocycles. The molecule has 0 bridgehead atoms. The molecule has 0 fully saturated rings. The molecule has 0 atom stereocenters. The maximum absolute atomic E-state index is 10.7. The van der Waals surface area contributed by atoms with Gasteiger partial charge < -0.3 is 10.4 Å². The smallest absolute Gasteiger partial charge is 0.335 e. The highest BCUT2D eigenvalue weighted by molar-refractivity contribution is 5.87. The molecular weight excluding hydrogens is 230 g/mol. The van der Waals surface area contributed by atoms with E-state index in [0.717, 1.165) is 17.8 Å². The number of aryl methyl sites for hydroxylation is 1. The van der Waals surface area contributed by atoms with Crippen molar-refractivity contribution in [3.63, 3.8) is 0 Å². The summed E-state index contributed by atoms with van der Waals surface area (Å²) >= 11 is 0. The van der Waals surface area contributed by atoms with Crippen molar-refractivity contribution in [2.75, 3.05) is 5.32 Å². The number of carboxylic acid groups (broad SMARTS) is 1. The summed E-state index contributed by atoms with van der Waals surface area (Å²) in [7, 11) is 0. The Balaban J connectivity index is 1.95. The van der Waals surface area contributed by atoms with Crippen LogP contribution in [-0.4, -0.2) is 20.9 Å². The second-order valence-corrected chi connectivity index (χ2v) is 3.94. The fourth-order valence-corrected chi connectivity index (χ4v) is 1.61. The van der Waals surface area contributed by atoms with E-state index in [1.54, 1.807) is 24.3 Å². The van der Waals surface area contributed by atoms with E-state index in [0.29, 0.717) is 12.1 Å². The summed E-state index contributed by atoms with van der Waals surface area (Å²) in [5.74, 6) is -0.911. The molecule has 0 saturated carbocycles. The van der Waals surface area contributed by atoms with Gasteiger partial charge in [0.15, 0.2) is 0 Å². The van der Waals surface area contributed by atoms with Crippen LogP contribution in [0.4, 0.5) is 5.69 Å². The highest BCUT2D eigenvalue weighted by Crippen LogP contribution is 2.11. The first-order chi connectivity index (χ1) is 8.69. The first-order valence-electron chi connectivity index (χ1n) is 5.77. The average Bonchev–Trinajstić information content (AvgIpc) is 2.85. The lowest BCUT2D eigenvalue weighted by molar-refractivity contribution is 0.0697. The summed E-state index contributed by atoms with van der Waals surface area (Å²) in [4.78, 5) is 10.7. The van der Waals surface area contributed by atoms with Crippen LogP contribution in [0.1, 0.15) is 22.8 Å². The number of benzene rings is 1. The number of hydrogen-bond donors (Lipinski definition) is 2. The molecule has 5 nitrogen and oxygen atoms in total. The molecule has 94 valence electrons. The standard InChI is InChI=1S/C13H15N3O2/c1-2-16-9-10(8-15-16)7-14-12-5-3-11(4-6-12)13(17)18/h3-6,8-9,14H,2,7H2,1H3,(H,17,18). The van der Waals surface area contributed by atoms with Gasteiger partial charge in [0.25, 0.3) is 0 Å². The number of aromatic nitrogens is 2. The molecule has 0 aliphatic rings.